The SMILES string of the molecule is [Ru+2].c1ccc(-c2cccnc2-c2ccccn2)nc1. The molecular formula is C15H11N3Ru+2. The van der Waals surface area contributed by atoms with E-state index in [1.807, 2.05) is 48.5 Å². The average Bonchev–Trinajstić information content (AvgIpc) is 2.49. The Balaban J connectivity index is 0.00000133. The molecule has 0 bridgehead atoms. The van der Waals surface area contributed by atoms with Gasteiger partial charge in [-0.05, 0) is 36.4 Å². The van der Waals surface area contributed by atoms with Gasteiger partial charge in [0, 0.05) is 24.2 Å². The standard InChI is InChI=1S/C15H11N3.Ru/c1-3-9-16-13(7-1)12-6-5-11-18-15(12)14-8-2-4-10-17-14;/h1-11H;/q;+2. The molecule has 0 unspecified atom stereocenters. The molecule has 0 atom stereocenters. The fourth-order valence-corrected chi connectivity index (χ4v) is 1.84. The Hall–Kier alpha value is -1.93. The zero-order valence-electron chi connectivity index (χ0n) is 10.0. The van der Waals surface area contributed by atoms with Gasteiger partial charge in [-0.25, -0.2) is 0 Å². The van der Waals surface area contributed by atoms with Crippen LogP contribution in [0, 0.1) is 0 Å². The number of hydrogen-bond acceptors (Lipinski definition) is 3. The molecule has 0 saturated carbocycles. The first-order chi connectivity index (χ1) is 8.95. The maximum Gasteiger partial charge on any atom is 2.00 e. The van der Waals surface area contributed by atoms with Gasteiger partial charge in [-0.2, -0.15) is 0 Å². The van der Waals surface area contributed by atoms with Crippen LogP contribution in [0.15, 0.2) is 67.1 Å². The molecule has 0 fully saturated rings. The number of aromatic nitrogens is 3. The minimum absolute atomic E-state index is 0. The Kier molecular flexibility index (Phi) is 4.48. The summed E-state index contributed by atoms with van der Waals surface area (Å²) in [6, 6.07) is 15.6. The summed E-state index contributed by atoms with van der Waals surface area (Å²) in [5, 5.41) is 0. The Bertz CT molecular complexity index is 583. The number of rotatable bonds is 2. The van der Waals surface area contributed by atoms with Crippen LogP contribution in [0.5, 0.6) is 0 Å². The molecule has 0 amide bonds. The topological polar surface area (TPSA) is 38.7 Å². The summed E-state index contributed by atoms with van der Waals surface area (Å²) >= 11 is 0. The van der Waals surface area contributed by atoms with Crippen LogP contribution in [0.2, 0.25) is 0 Å². The molecule has 0 N–H and O–H groups in total. The molecule has 0 saturated heterocycles. The van der Waals surface area contributed by atoms with Crippen LogP contribution in [0.3, 0.4) is 0 Å². The van der Waals surface area contributed by atoms with Crippen molar-refractivity contribution in [2.75, 3.05) is 0 Å². The molecule has 0 radical (unpaired) electrons. The summed E-state index contributed by atoms with van der Waals surface area (Å²) in [5.74, 6) is 0. The predicted octanol–water partition coefficient (Wildman–Crippen LogP) is 3.20. The van der Waals surface area contributed by atoms with Gasteiger partial charge in [0.2, 0.25) is 0 Å². The second-order valence-electron chi connectivity index (χ2n) is 3.83. The molecular weight excluding hydrogens is 323 g/mol. The van der Waals surface area contributed by atoms with Gasteiger partial charge in [-0.1, -0.05) is 12.1 Å². The fraction of sp³-hybridized carbons (Fsp3) is 0. The second kappa shape index (κ2) is 6.30. The van der Waals surface area contributed by atoms with Crippen molar-refractivity contribution in [1.82, 2.24) is 15.0 Å². The van der Waals surface area contributed by atoms with Crippen molar-refractivity contribution in [2.45, 2.75) is 0 Å². The van der Waals surface area contributed by atoms with Crippen molar-refractivity contribution in [3.05, 3.63) is 67.1 Å². The van der Waals surface area contributed by atoms with E-state index in [2.05, 4.69) is 15.0 Å². The molecule has 0 aromatic carbocycles. The Morgan fingerprint density at radius 3 is 1.84 bits per heavy atom. The normalized spacial score (nSPS) is 9.68. The molecule has 0 aliphatic carbocycles. The Morgan fingerprint density at radius 1 is 0.579 bits per heavy atom. The second-order valence-corrected chi connectivity index (χ2v) is 3.83. The van der Waals surface area contributed by atoms with E-state index in [1.165, 1.54) is 0 Å². The van der Waals surface area contributed by atoms with Crippen LogP contribution in [-0.4, -0.2) is 15.0 Å². The van der Waals surface area contributed by atoms with Gasteiger partial charge in [0.1, 0.15) is 0 Å². The molecule has 19 heavy (non-hydrogen) atoms. The van der Waals surface area contributed by atoms with Crippen LogP contribution in [0.25, 0.3) is 22.6 Å². The molecule has 3 heterocycles. The summed E-state index contributed by atoms with van der Waals surface area (Å²) < 4.78 is 0. The Morgan fingerprint density at radius 2 is 1.21 bits per heavy atom. The Labute approximate surface area is 124 Å². The van der Waals surface area contributed by atoms with Crippen LogP contribution in [0.1, 0.15) is 0 Å². The molecule has 0 aliphatic heterocycles. The molecule has 0 spiro atoms. The van der Waals surface area contributed by atoms with Crippen molar-refractivity contribution in [2.24, 2.45) is 0 Å². The maximum absolute atomic E-state index is 4.42. The van der Waals surface area contributed by atoms with Crippen molar-refractivity contribution in [3.8, 4) is 22.6 Å². The zero-order valence-corrected chi connectivity index (χ0v) is 11.8. The van der Waals surface area contributed by atoms with Gasteiger partial charge in [0.25, 0.3) is 0 Å². The fourth-order valence-electron chi connectivity index (χ4n) is 1.84. The molecule has 3 aromatic heterocycles. The van der Waals surface area contributed by atoms with Gasteiger partial charge < -0.3 is 0 Å². The van der Waals surface area contributed by atoms with E-state index in [9.17, 15) is 0 Å². The van der Waals surface area contributed by atoms with Gasteiger partial charge in [0.15, 0.2) is 0 Å². The van der Waals surface area contributed by atoms with Crippen LogP contribution < -0.4 is 0 Å². The smallest absolute Gasteiger partial charge is 0.256 e. The number of hydrogen-bond donors (Lipinski definition) is 0. The number of nitrogens with zero attached hydrogens (tertiary/aromatic N) is 3. The largest absolute Gasteiger partial charge is 2.00 e. The summed E-state index contributed by atoms with van der Waals surface area (Å²) in [6.45, 7) is 0. The van der Waals surface area contributed by atoms with Crippen LogP contribution in [-0.2, 0) is 19.5 Å². The van der Waals surface area contributed by atoms with Crippen LogP contribution in [0.4, 0.5) is 0 Å². The van der Waals surface area contributed by atoms with Crippen LogP contribution >= 0.6 is 0 Å². The summed E-state index contributed by atoms with van der Waals surface area (Å²) in [6.07, 6.45) is 5.33. The number of pyridine rings is 3. The average molecular weight is 334 g/mol. The molecule has 4 heteroatoms. The summed E-state index contributed by atoms with van der Waals surface area (Å²) in [7, 11) is 0. The first kappa shape index (κ1) is 13.5. The van der Waals surface area contributed by atoms with Crippen molar-refractivity contribution < 1.29 is 19.5 Å². The monoisotopic (exact) mass is 335 g/mol. The quantitative estimate of drug-likeness (QED) is 0.676. The maximum atomic E-state index is 4.42. The zero-order chi connectivity index (χ0) is 12.2. The van der Waals surface area contributed by atoms with Crippen molar-refractivity contribution >= 4 is 0 Å². The molecule has 3 rings (SSSR count). The molecule has 0 aliphatic rings. The van der Waals surface area contributed by atoms with Gasteiger partial charge in [-0.15, -0.1) is 0 Å². The molecule has 92 valence electrons. The van der Waals surface area contributed by atoms with Gasteiger partial charge >= 0.3 is 19.5 Å². The minimum atomic E-state index is 0. The third-order valence-electron chi connectivity index (χ3n) is 2.66. The van der Waals surface area contributed by atoms with E-state index in [0.29, 0.717) is 0 Å². The van der Waals surface area contributed by atoms with E-state index in [4.69, 9.17) is 0 Å². The third-order valence-corrected chi connectivity index (χ3v) is 2.66. The molecule has 3 nitrogen and oxygen atoms in total. The van der Waals surface area contributed by atoms with Gasteiger partial charge in [-0.3, -0.25) is 15.0 Å². The summed E-state index contributed by atoms with van der Waals surface area (Å²) in [4.78, 5) is 13.1. The van der Waals surface area contributed by atoms with E-state index in [0.717, 1.165) is 22.6 Å². The van der Waals surface area contributed by atoms with E-state index in [-0.39, 0.29) is 19.5 Å². The first-order valence-corrected chi connectivity index (χ1v) is 5.73. The first-order valence-electron chi connectivity index (χ1n) is 5.73. The minimum Gasteiger partial charge on any atom is -0.256 e. The summed E-state index contributed by atoms with van der Waals surface area (Å²) in [5.41, 5.74) is 3.62. The van der Waals surface area contributed by atoms with E-state index < -0.39 is 0 Å². The van der Waals surface area contributed by atoms with E-state index in [1.54, 1.807) is 18.6 Å². The third kappa shape index (κ3) is 2.91. The van der Waals surface area contributed by atoms with Crippen molar-refractivity contribution in [3.63, 3.8) is 0 Å². The van der Waals surface area contributed by atoms with Gasteiger partial charge in [0.05, 0.1) is 17.1 Å². The predicted molar refractivity (Wildman–Crippen MR) is 70.7 cm³/mol. The molecule has 3 aromatic rings. The van der Waals surface area contributed by atoms with Crippen molar-refractivity contribution in [1.29, 1.82) is 0 Å². The van der Waals surface area contributed by atoms with E-state index >= 15 is 0 Å².